The SMILES string of the molecule is COC[C@@H](O)CNC(=O)c1ccc(-c2ccc(C)o2)s1. The zero-order valence-corrected chi connectivity index (χ0v) is 12.2. The average molecular weight is 295 g/mol. The molecule has 20 heavy (non-hydrogen) atoms. The lowest BCUT2D eigenvalue weighted by Crippen LogP contribution is -2.33. The van der Waals surface area contributed by atoms with Gasteiger partial charge >= 0.3 is 0 Å². The molecular weight excluding hydrogens is 278 g/mol. The first kappa shape index (κ1) is 14.8. The Morgan fingerprint density at radius 3 is 2.90 bits per heavy atom. The topological polar surface area (TPSA) is 71.7 Å². The van der Waals surface area contributed by atoms with Gasteiger partial charge in [-0.25, -0.2) is 0 Å². The first-order chi connectivity index (χ1) is 9.60. The van der Waals surface area contributed by atoms with Crippen LogP contribution in [0.25, 0.3) is 10.6 Å². The number of aliphatic hydroxyl groups excluding tert-OH is 1. The summed E-state index contributed by atoms with van der Waals surface area (Å²) in [6.07, 6.45) is -0.698. The summed E-state index contributed by atoms with van der Waals surface area (Å²) in [5, 5.41) is 12.1. The van der Waals surface area contributed by atoms with Crippen LogP contribution in [0.2, 0.25) is 0 Å². The molecule has 1 amide bonds. The van der Waals surface area contributed by atoms with Gasteiger partial charge in [0.2, 0.25) is 0 Å². The normalized spacial score (nSPS) is 12.3. The van der Waals surface area contributed by atoms with E-state index in [1.807, 2.05) is 25.1 Å². The number of furan rings is 1. The van der Waals surface area contributed by atoms with Gasteiger partial charge in [-0.05, 0) is 31.2 Å². The summed E-state index contributed by atoms with van der Waals surface area (Å²) in [5.74, 6) is 1.38. The summed E-state index contributed by atoms with van der Waals surface area (Å²) in [4.78, 5) is 13.4. The third kappa shape index (κ3) is 3.69. The highest BCUT2D eigenvalue weighted by Crippen LogP contribution is 2.29. The van der Waals surface area contributed by atoms with Crippen molar-refractivity contribution in [2.45, 2.75) is 13.0 Å². The van der Waals surface area contributed by atoms with Crippen LogP contribution in [-0.2, 0) is 4.74 Å². The highest BCUT2D eigenvalue weighted by molar-refractivity contribution is 7.17. The van der Waals surface area contributed by atoms with Crippen molar-refractivity contribution in [1.82, 2.24) is 5.32 Å². The number of rotatable bonds is 6. The Bertz CT molecular complexity index is 575. The maximum Gasteiger partial charge on any atom is 0.261 e. The molecule has 0 aromatic carbocycles. The van der Waals surface area contributed by atoms with Crippen molar-refractivity contribution in [3.05, 3.63) is 34.9 Å². The van der Waals surface area contributed by atoms with E-state index < -0.39 is 6.10 Å². The zero-order valence-electron chi connectivity index (χ0n) is 11.4. The number of aliphatic hydroxyl groups is 1. The van der Waals surface area contributed by atoms with Crippen molar-refractivity contribution in [2.24, 2.45) is 0 Å². The van der Waals surface area contributed by atoms with E-state index >= 15 is 0 Å². The highest BCUT2D eigenvalue weighted by atomic mass is 32.1. The van der Waals surface area contributed by atoms with Crippen LogP contribution in [0, 0.1) is 6.92 Å². The largest absolute Gasteiger partial charge is 0.461 e. The van der Waals surface area contributed by atoms with Gasteiger partial charge in [0.1, 0.15) is 11.5 Å². The van der Waals surface area contributed by atoms with Gasteiger partial charge in [-0.3, -0.25) is 4.79 Å². The Kier molecular flexibility index (Phi) is 4.94. The fraction of sp³-hybridized carbons (Fsp3) is 0.357. The van der Waals surface area contributed by atoms with Gasteiger partial charge in [0, 0.05) is 13.7 Å². The van der Waals surface area contributed by atoms with Crippen molar-refractivity contribution < 1.29 is 19.1 Å². The number of carbonyl (C=O) groups is 1. The van der Waals surface area contributed by atoms with Gasteiger partial charge in [0.15, 0.2) is 0 Å². The molecule has 2 aromatic rings. The Balaban J connectivity index is 1.96. The fourth-order valence-electron chi connectivity index (χ4n) is 1.71. The summed E-state index contributed by atoms with van der Waals surface area (Å²) < 4.78 is 10.3. The number of ether oxygens (including phenoxy) is 1. The van der Waals surface area contributed by atoms with Crippen LogP contribution < -0.4 is 5.32 Å². The maximum absolute atomic E-state index is 11.9. The van der Waals surface area contributed by atoms with Crippen LogP contribution in [0.3, 0.4) is 0 Å². The lowest BCUT2D eigenvalue weighted by molar-refractivity contribution is 0.0611. The lowest BCUT2D eigenvalue weighted by atomic mass is 10.3. The molecule has 108 valence electrons. The van der Waals surface area contributed by atoms with Gasteiger partial charge in [-0.1, -0.05) is 0 Å². The lowest BCUT2D eigenvalue weighted by Gasteiger charge is -2.09. The summed E-state index contributed by atoms with van der Waals surface area (Å²) >= 11 is 1.35. The van der Waals surface area contributed by atoms with Crippen molar-refractivity contribution in [1.29, 1.82) is 0 Å². The van der Waals surface area contributed by atoms with Crippen molar-refractivity contribution in [2.75, 3.05) is 20.3 Å². The number of nitrogens with one attached hydrogen (secondary N) is 1. The molecule has 2 rings (SSSR count). The number of aryl methyl sites for hydroxylation is 1. The second kappa shape index (κ2) is 6.69. The Hall–Kier alpha value is -1.63. The van der Waals surface area contributed by atoms with Gasteiger partial charge in [-0.2, -0.15) is 0 Å². The molecule has 0 saturated carbocycles. The molecule has 0 radical (unpaired) electrons. The molecule has 0 saturated heterocycles. The first-order valence-corrected chi connectivity index (χ1v) is 7.03. The van der Waals surface area contributed by atoms with E-state index in [9.17, 15) is 9.90 Å². The standard InChI is InChI=1S/C14H17NO4S/c1-9-3-4-11(19-9)12-5-6-13(20-12)14(17)15-7-10(16)8-18-2/h3-6,10,16H,7-8H2,1-2H3,(H,15,17)/t10-/m0/s1. The molecule has 0 fully saturated rings. The number of amides is 1. The number of hydrogen-bond donors (Lipinski definition) is 2. The van der Waals surface area contributed by atoms with Gasteiger partial charge in [-0.15, -0.1) is 11.3 Å². The average Bonchev–Trinajstić information content (AvgIpc) is 3.04. The predicted octanol–water partition coefficient (Wildman–Crippen LogP) is 2.05. The molecule has 0 spiro atoms. The molecule has 2 aromatic heterocycles. The van der Waals surface area contributed by atoms with E-state index in [0.717, 1.165) is 16.4 Å². The molecule has 2 heterocycles. The van der Waals surface area contributed by atoms with E-state index in [1.54, 1.807) is 6.07 Å². The molecule has 0 aliphatic heterocycles. The number of hydrogen-bond acceptors (Lipinski definition) is 5. The predicted molar refractivity (Wildman–Crippen MR) is 77.0 cm³/mol. The summed E-state index contributed by atoms with van der Waals surface area (Å²) in [6, 6.07) is 7.36. The van der Waals surface area contributed by atoms with E-state index in [4.69, 9.17) is 9.15 Å². The minimum absolute atomic E-state index is 0.166. The second-order valence-electron chi connectivity index (χ2n) is 4.39. The minimum atomic E-state index is -0.698. The summed E-state index contributed by atoms with van der Waals surface area (Å²) in [5.41, 5.74) is 0. The number of thiophene rings is 1. The van der Waals surface area contributed by atoms with Crippen molar-refractivity contribution in [3.8, 4) is 10.6 Å². The summed E-state index contributed by atoms with van der Waals surface area (Å²) in [7, 11) is 1.50. The van der Waals surface area contributed by atoms with E-state index in [-0.39, 0.29) is 19.1 Å². The van der Waals surface area contributed by atoms with Crippen LogP contribution in [0.5, 0.6) is 0 Å². The zero-order chi connectivity index (χ0) is 14.5. The molecule has 0 aliphatic carbocycles. The van der Waals surface area contributed by atoms with Crippen LogP contribution >= 0.6 is 11.3 Å². The van der Waals surface area contributed by atoms with E-state index in [2.05, 4.69) is 5.32 Å². The third-order valence-corrected chi connectivity index (χ3v) is 3.77. The Morgan fingerprint density at radius 1 is 1.45 bits per heavy atom. The van der Waals surface area contributed by atoms with Crippen LogP contribution in [0.4, 0.5) is 0 Å². The molecule has 0 bridgehead atoms. The van der Waals surface area contributed by atoms with Crippen LogP contribution in [0.1, 0.15) is 15.4 Å². The van der Waals surface area contributed by atoms with Gasteiger partial charge in [0.05, 0.1) is 22.5 Å². The van der Waals surface area contributed by atoms with Crippen LogP contribution in [-0.4, -0.2) is 37.4 Å². The van der Waals surface area contributed by atoms with E-state index in [1.165, 1.54) is 18.4 Å². The first-order valence-electron chi connectivity index (χ1n) is 6.22. The maximum atomic E-state index is 11.9. The smallest absolute Gasteiger partial charge is 0.261 e. The molecule has 0 unspecified atom stereocenters. The van der Waals surface area contributed by atoms with Gasteiger partial charge < -0.3 is 19.6 Å². The summed E-state index contributed by atoms with van der Waals surface area (Å²) in [6.45, 7) is 2.24. The third-order valence-electron chi connectivity index (χ3n) is 2.67. The monoisotopic (exact) mass is 295 g/mol. The Morgan fingerprint density at radius 2 is 2.25 bits per heavy atom. The molecule has 5 nitrogen and oxygen atoms in total. The second-order valence-corrected chi connectivity index (χ2v) is 5.48. The van der Waals surface area contributed by atoms with Crippen LogP contribution in [0.15, 0.2) is 28.7 Å². The quantitative estimate of drug-likeness (QED) is 0.855. The van der Waals surface area contributed by atoms with E-state index in [0.29, 0.717) is 4.88 Å². The number of methoxy groups -OCH3 is 1. The molecule has 0 aliphatic rings. The molecule has 2 N–H and O–H groups in total. The number of carbonyl (C=O) groups excluding carboxylic acids is 1. The highest BCUT2D eigenvalue weighted by Gasteiger charge is 2.13. The molecular formula is C14H17NO4S. The van der Waals surface area contributed by atoms with Gasteiger partial charge in [0.25, 0.3) is 5.91 Å². The fourth-order valence-corrected chi connectivity index (χ4v) is 2.59. The molecule has 6 heteroatoms. The minimum Gasteiger partial charge on any atom is -0.461 e. The Labute approximate surface area is 121 Å². The molecule has 1 atom stereocenters. The van der Waals surface area contributed by atoms with Crippen molar-refractivity contribution in [3.63, 3.8) is 0 Å². The van der Waals surface area contributed by atoms with Crippen molar-refractivity contribution >= 4 is 17.2 Å².